The van der Waals surface area contributed by atoms with E-state index in [1.165, 1.54) is 135 Å². The second-order valence-corrected chi connectivity index (χ2v) is 16.0. The van der Waals surface area contributed by atoms with E-state index >= 15 is 0 Å². The van der Waals surface area contributed by atoms with Crippen LogP contribution < -0.4 is 0 Å². The Hall–Kier alpha value is -2.37. The minimum absolute atomic E-state index is 0.0806. The van der Waals surface area contributed by atoms with Crippen LogP contribution in [0.5, 0.6) is 0 Å². The molecule has 1 unspecified atom stereocenters. The van der Waals surface area contributed by atoms with Crippen molar-refractivity contribution in [3.05, 3.63) is 36.5 Å². The van der Waals surface area contributed by atoms with Crippen LogP contribution >= 0.6 is 0 Å². The van der Waals surface area contributed by atoms with E-state index in [1.807, 2.05) is 0 Å². The zero-order valence-corrected chi connectivity index (χ0v) is 37.2. The lowest BCUT2D eigenvalue weighted by molar-refractivity contribution is -0.167. The van der Waals surface area contributed by atoms with E-state index in [0.29, 0.717) is 19.3 Å². The average Bonchev–Trinajstić information content (AvgIpc) is 3.19. The van der Waals surface area contributed by atoms with Gasteiger partial charge < -0.3 is 14.2 Å². The lowest BCUT2D eigenvalue weighted by Crippen LogP contribution is -2.30. The van der Waals surface area contributed by atoms with Crippen molar-refractivity contribution < 1.29 is 28.6 Å². The molecule has 6 heteroatoms. The summed E-state index contributed by atoms with van der Waals surface area (Å²) in [6, 6.07) is 0. The van der Waals surface area contributed by atoms with E-state index in [9.17, 15) is 14.4 Å². The summed E-state index contributed by atoms with van der Waals surface area (Å²) in [5, 5.41) is 0. The summed E-state index contributed by atoms with van der Waals surface area (Å²) in [5.74, 6) is -0.909. The molecule has 1 atom stereocenters. The van der Waals surface area contributed by atoms with Gasteiger partial charge in [-0.1, -0.05) is 198 Å². The van der Waals surface area contributed by atoms with Crippen LogP contribution in [-0.4, -0.2) is 37.2 Å². The van der Waals surface area contributed by atoms with Gasteiger partial charge in [0.2, 0.25) is 0 Å². The normalized spacial score (nSPS) is 12.3. The molecule has 0 aliphatic rings. The summed E-state index contributed by atoms with van der Waals surface area (Å²) in [6.07, 6.45) is 51.2. The molecule has 0 saturated heterocycles. The Balaban J connectivity index is 4.38. The third-order valence-corrected chi connectivity index (χ3v) is 10.4. The quantitative estimate of drug-likeness (QED) is 0.0201. The topological polar surface area (TPSA) is 78.9 Å². The zero-order valence-electron chi connectivity index (χ0n) is 37.2. The molecular formula is C50H90O6. The van der Waals surface area contributed by atoms with Gasteiger partial charge in [0.05, 0.1) is 0 Å². The highest BCUT2D eigenvalue weighted by Crippen LogP contribution is 2.15. The highest BCUT2D eigenvalue weighted by atomic mass is 16.6. The Morgan fingerprint density at radius 2 is 0.661 bits per heavy atom. The molecule has 0 radical (unpaired) electrons. The third-order valence-electron chi connectivity index (χ3n) is 10.4. The van der Waals surface area contributed by atoms with Crippen LogP contribution in [0, 0.1) is 0 Å². The second kappa shape index (κ2) is 45.3. The van der Waals surface area contributed by atoms with Crippen molar-refractivity contribution in [2.24, 2.45) is 0 Å². The Bertz CT molecular complexity index is 953. The van der Waals surface area contributed by atoms with Crippen molar-refractivity contribution in [1.29, 1.82) is 0 Å². The summed E-state index contributed by atoms with van der Waals surface area (Å²) in [6.45, 7) is 6.55. The largest absolute Gasteiger partial charge is 0.462 e. The molecule has 0 rings (SSSR count). The van der Waals surface area contributed by atoms with Gasteiger partial charge in [0.15, 0.2) is 6.10 Å². The summed E-state index contributed by atoms with van der Waals surface area (Å²) in [7, 11) is 0. The zero-order chi connectivity index (χ0) is 40.8. The molecule has 0 fully saturated rings. The highest BCUT2D eigenvalue weighted by molar-refractivity contribution is 5.71. The van der Waals surface area contributed by atoms with E-state index in [4.69, 9.17) is 14.2 Å². The van der Waals surface area contributed by atoms with Gasteiger partial charge in [0.25, 0.3) is 0 Å². The minimum atomic E-state index is -0.779. The van der Waals surface area contributed by atoms with Crippen molar-refractivity contribution in [1.82, 2.24) is 0 Å². The smallest absolute Gasteiger partial charge is 0.306 e. The van der Waals surface area contributed by atoms with Gasteiger partial charge in [0.1, 0.15) is 13.2 Å². The maximum atomic E-state index is 12.7. The summed E-state index contributed by atoms with van der Waals surface area (Å²) in [4.78, 5) is 37.8. The van der Waals surface area contributed by atoms with Crippen LogP contribution in [0.15, 0.2) is 36.5 Å². The Labute approximate surface area is 346 Å². The SMILES string of the molecule is CCCC/C=C\C=C/CCCCCC(=O)OCC(COC(=O)CCCCCCCCC/C=C\CCCCCC)OC(=O)CCCCCCCCCCCCCC. The molecule has 0 aromatic carbocycles. The second-order valence-electron chi connectivity index (χ2n) is 16.0. The first-order valence-electron chi connectivity index (χ1n) is 24.0. The molecule has 6 nitrogen and oxygen atoms in total. The predicted molar refractivity (Wildman–Crippen MR) is 238 cm³/mol. The lowest BCUT2D eigenvalue weighted by Gasteiger charge is -2.18. The third kappa shape index (κ3) is 42.8. The molecule has 56 heavy (non-hydrogen) atoms. The summed E-state index contributed by atoms with van der Waals surface area (Å²) in [5.41, 5.74) is 0. The number of unbranched alkanes of at least 4 members (excludes halogenated alkanes) is 27. The van der Waals surface area contributed by atoms with Crippen LogP contribution in [0.3, 0.4) is 0 Å². The van der Waals surface area contributed by atoms with Crippen molar-refractivity contribution in [3.8, 4) is 0 Å². The molecule has 0 bridgehead atoms. The molecule has 326 valence electrons. The van der Waals surface area contributed by atoms with Gasteiger partial charge in [-0.2, -0.15) is 0 Å². The van der Waals surface area contributed by atoms with Crippen LogP contribution in [0.2, 0.25) is 0 Å². The first-order valence-corrected chi connectivity index (χ1v) is 24.0. The number of carbonyl (C=O) groups is 3. The maximum absolute atomic E-state index is 12.7. The molecule has 0 aromatic heterocycles. The minimum Gasteiger partial charge on any atom is -0.462 e. The van der Waals surface area contributed by atoms with Crippen molar-refractivity contribution >= 4 is 17.9 Å². The molecule has 0 N–H and O–H groups in total. The van der Waals surface area contributed by atoms with E-state index in [1.54, 1.807) is 0 Å². The summed E-state index contributed by atoms with van der Waals surface area (Å²) >= 11 is 0. The maximum Gasteiger partial charge on any atom is 0.306 e. The summed E-state index contributed by atoms with van der Waals surface area (Å²) < 4.78 is 16.7. The van der Waals surface area contributed by atoms with Gasteiger partial charge in [-0.3, -0.25) is 14.4 Å². The fraction of sp³-hybridized carbons (Fsp3) is 0.820. The standard InChI is InChI=1S/C50H90O6/c1-4-7-10-13-16-19-22-24-25-26-29-31-34-37-40-43-49(52)55-46-47(45-54-48(51)42-39-36-33-30-27-21-18-15-12-9-6-3)56-50(53)44-41-38-35-32-28-23-20-17-14-11-8-5-2/h15,18-19,21-22,27,47H,4-14,16-17,20,23-26,28-46H2,1-3H3/b18-15-,22-19-,27-21-. The van der Waals surface area contributed by atoms with Crippen molar-refractivity contribution in [2.45, 2.75) is 252 Å². The number of rotatable bonds is 43. The first-order chi connectivity index (χ1) is 27.5. The van der Waals surface area contributed by atoms with Crippen molar-refractivity contribution in [3.63, 3.8) is 0 Å². The molecule has 0 spiro atoms. The fourth-order valence-electron chi connectivity index (χ4n) is 6.71. The number of esters is 3. The predicted octanol–water partition coefficient (Wildman–Crippen LogP) is 15.4. The first kappa shape index (κ1) is 53.6. The highest BCUT2D eigenvalue weighted by Gasteiger charge is 2.19. The Morgan fingerprint density at radius 1 is 0.357 bits per heavy atom. The van der Waals surface area contributed by atoms with Gasteiger partial charge in [-0.25, -0.2) is 0 Å². The van der Waals surface area contributed by atoms with Crippen LogP contribution in [0.25, 0.3) is 0 Å². The van der Waals surface area contributed by atoms with E-state index in [2.05, 4.69) is 57.2 Å². The number of hydrogen-bond donors (Lipinski definition) is 0. The molecule has 0 aromatic rings. The number of carbonyl (C=O) groups excluding carboxylic acids is 3. The van der Waals surface area contributed by atoms with E-state index < -0.39 is 6.10 Å². The monoisotopic (exact) mass is 787 g/mol. The number of hydrogen-bond acceptors (Lipinski definition) is 6. The van der Waals surface area contributed by atoms with Gasteiger partial charge in [-0.05, 0) is 64.2 Å². The molecule has 0 aliphatic carbocycles. The van der Waals surface area contributed by atoms with Crippen LogP contribution in [0.1, 0.15) is 245 Å². The fourth-order valence-corrected chi connectivity index (χ4v) is 6.71. The molecule has 0 aliphatic heterocycles. The number of ether oxygens (including phenoxy) is 3. The molecule has 0 amide bonds. The van der Waals surface area contributed by atoms with E-state index in [0.717, 1.165) is 70.6 Å². The van der Waals surface area contributed by atoms with Gasteiger partial charge in [-0.15, -0.1) is 0 Å². The van der Waals surface area contributed by atoms with Gasteiger partial charge in [0, 0.05) is 19.3 Å². The van der Waals surface area contributed by atoms with E-state index in [-0.39, 0.29) is 31.1 Å². The average molecular weight is 787 g/mol. The van der Waals surface area contributed by atoms with Crippen LogP contribution in [-0.2, 0) is 28.6 Å². The lowest BCUT2D eigenvalue weighted by atomic mass is 10.0. The molecule has 0 saturated carbocycles. The van der Waals surface area contributed by atoms with Gasteiger partial charge >= 0.3 is 17.9 Å². The molecule has 0 heterocycles. The molecular weight excluding hydrogens is 697 g/mol. The Morgan fingerprint density at radius 3 is 1.09 bits per heavy atom. The van der Waals surface area contributed by atoms with Crippen LogP contribution in [0.4, 0.5) is 0 Å². The Kier molecular flexibility index (Phi) is 43.4. The van der Waals surface area contributed by atoms with Crippen molar-refractivity contribution in [2.75, 3.05) is 13.2 Å². The number of allylic oxidation sites excluding steroid dienone is 6.